The number of nitrogens with zero attached hydrogens (tertiary/aromatic N) is 2. The van der Waals surface area contributed by atoms with Gasteiger partial charge in [0, 0.05) is 30.8 Å². The lowest BCUT2D eigenvalue weighted by molar-refractivity contribution is 0.0732. The number of benzene rings is 1. The van der Waals surface area contributed by atoms with Crippen molar-refractivity contribution in [1.82, 2.24) is 9.47 Å². The van der Waals surface area contributed by atoms with Gasteiger partial charge in [-0.2, -0.15) is 0 Å². The highest BCUT2D eigenvalue weighted by Crippen LogP contribution is 2.17. The van der Waals surface area contributed by atoms with Crippen LogP contribution < -0.4 is 5.73 Å². The van der Waals surface area contributed by atoms with Crippen LogP contribution in [-0.4, -0.2) is 28.5 Å². The second-order valence-corrected chi connectivity index (χ2v) is 5.92. The van der Waals surface area contributed by atoms with Crippen molar-refractivity contribution < 1.29 is 4.79 Å². The molecule has 0 atom stereocenters. The number of amides is 1. The lowest BCUT2D eigenvalue weighted by Crippen LogP contribution is -2.33. The summed E-state index contributed by atoms with van der Waals surface area (Å²) in [5, 5.41) is 0. The van der Waals surface area contributed by atoms with Crippen LogP contribution in [0.4, 0.5) is 0 Å². The Bertz CT molecular complexity index is 601. The molecule has 2 rings (SSSR count). The van der Waals surface area contributed by atoms with Crippen molar-refractivity contribution in [3.63, 3.8) is 0 Å². The third-order valence-corrected chi connectivity index (χ3v) is 3.76. The minimum Gasteiger partial charge on any atom is -0.345 e. The molecule has 1 amide bonds. The van der Waals surface area contributed by atoms with Crippen molar-refractivity contribution in [2.75, 3.05) is 13.1 Å². The average molecular weight is 387 g/mol. The first-order valence-corrected chi connectivity index (χ1v) is 7.76. The Balaban J connectivity index is 0.00000242. The van der Waals surface area contributed by atoms with E-state index in [0.29, 0.717) is 25.3 Å². The molecule has 2 aromatic rings. The summed E-state index contributed by atoms with van der Waals surface area (Å²) in [6.45, 7) is 1.84. The van der Waals surface area contributed by atoms with Gasteiger partial charge < -0.3 is 15.2 Å². The second kappa shape index (κ2) is 8.98. The van der Waals surface area contributed by atoms with Crippen LogP contribution in [0.3, 0.4) is 0 Å². The topological polar surface area (TPSA) is 51.3 Å². The average Bonchev–Trinajstić information content (AvgIpc) is 2.82. The number of carbonyl (C=O) groups is 1. The molecule has 1 heterocycles. The van der Waals surface area contributed by atoms with Gasteiger partial charge in [-0.3, -0.25) is 4.79 Å². The molecule has 0 saturated carbocycles. The van der Waals surface area contributed by atoms with Crippen LogP contribution in [0.25, 0.3) is 0 Å². The van der Waals surface area contributed by atoms with Crippen molar-refractivity contribution in [2.45, 2.75) is 13.0 Å². The van der Waals surface area contributed by atoms with E-state index in [2.05, 4.69) is 15.9 Å². The molecule has 0 unspecified atom stereocenters. The molecule has 1 aromatic heterocycles. The van der Waals surface area contributed by atoms with Crippen LogP contribution in [-0.2, 0) is 13.6 Å². The summed E-state index contributed by atoms with van der Waals surface area (Å²) in [7, 11) is 1.88. The predicted molar refractivity (Wildman–Crippen MR) is 95.2 cm³/mol. The molecule has 2 N–H and O–H groups in total. The summed E-state index contributed by atoms with van der Waals surface area (Å²) in [6.07, 6.45) is 2.68. The quantitative estimate of drug-likeness (QED) is 0.829. The number of carbonyl (C=O) groups excluding carboxylic acids is 1. The largest absolute Gasteiger partial charge is 0.345 e. The SMILES string of the molecule is Cl.Cn1cc(Br)cc1C(=O)N(CCCN)Cc1ccccc1. The predicted octanol–water partition coefficient (Wildman–Crippen LogP) is 3.20. The Morgan fingerprint density at radius 3 is 2.55 bits per heavy atom. The number of halogens is 2. The molecule has 120 valence electrons. The van der Waals surface area contributed by atoms with E-state index in [1.807, 2.05) is 59.1 Å². The van der Waals surface area contributed by atoms with Gasteiger partial charge in [0.1, 0.15) is 5.69 Å². The first-order valence-electron chi connectivity index (χ1n) is 6.97. The molecular weight excluding hydrogens is 366 g/mol. The van der Waals surface area contributed by atoms with Crippen molar-refractivity contribution in [2.24, 2.45) is 12.8 Å². The Labute approximate surface area is 145 Å². The van der Waals surface area contributed by atoms with Crippen LogP contribution in [0.5, 0.6) is 0 Å². The molecule has 0 aliphatic carbocycles. The highest BCUT2D eigenvalue weighted by molar-refractivity contribution is 9.10. The minimum absolute atomic E-state index is 0. The van der Waals surface area contributed by atoms with Gasteiger partial charge in [-0.1, -0.05) is 30.3 Å². The van der Waals surface area contributed by atoms with Crippen LogP contribution in [0.1, 0.15) is 22.5 Å². The summed E-state index contributed by atoms with van der Waals surface area (Å²) in [4.78, 5) is 14.6. The summed E-state index contributed by atoms with van der Waals surface area (Å²) < 4.78 is 2.75. The molecule has 0 fully saturated rings. The van der Waals surface area contributed by atoms with Gasteiger partial charge in [-0.05, 0) is 40.5 Å². The molecule has 22 heavy (non-hydrogen) atoms. The number of aromatic nitrogens is 1. The molecule has 4 nitrogen and oxygen atoms in total. The highest BCUT2D eigenvalue weighted by Gasteiger charge is 2.19. The lowest BCUT2D eigenvalue weighted by atomic mass is 10.2. The maximum absolute atomic E-state index is 12.7. The number of hydrogen-bond acceptors (Lipinski definition) is 2. The lowest BCUT2D eigenvalue weighted by Gasteiger charge is -2.23. The van der Waals surface area contributed by atoms with Crippen LogP contribution >= 0.6 is 28.3 Å². The Hall–Kier alpha value is -1.30. The maximum Gasteiger partial charge on any atom is 0.270 e. The van der Waals surface area contributed by atoms with Gasteiger partial charge in [0.15, 0.2) is 0 Å². The molecular formula is C16H21BrClN3O. The first-order chi connectivity index (χ1) is 10.1. The van der Waals surface area contributed by atoms with E-state index in [9.17, 15) is 4.79 Å². The van der Waals surface area contributed by atoms with Crippen molar-refractivity contribution in [3.05, 3.63) is 58.3 Å². The van der Waals surface area contributed by atoms with E-state index >= 15 is 0 Å². The van der Waals surface area contributed by atoms with E-state index in [0.717, 1.165) is 16.5 Å². The summed E-state index contributed by atoms with van der Waals surface area (Å²) in [6, 6.07) is 11.9. The number of hydrogen-bond donors (Lipinski definition) is 1. The molecule has 6 heteroatoms. The van der Waals surface area contributed by atoms with Crippen molar-refractivity contribution in [1.29, 1.82) is 0 Å². The fourth-order valence-electron chi connectivity index (χ4n) is 2.24. The number of aryl methyl sites for hydroxylation is 1. The van der Waals surface area contributed by atoms with Gasteiger partial charge in [-0.15, -0.1) is 12.4 Å². The van der Waals surface area contributed by atoms with Gasteiger partial charge >= 0.3 is 0 Å². The van der Waals surface area contributed by atoms with E-state index in [1.54, 1.807) is 0 Å². The zero-order chi connectivity index (χ0) is 15.2. The molecule has 0 aliphatic heterocycles. The van der Waals surface area contributed by atoms with Gasteiger partial charge in [0.25, 0.3) is 5.91 Å². The number of rotatable bonds is 6. The summed E-state index contributed by atoms with van der Waals surface area (Å²) in [5.41, 5.74) is 7.39. The van der Waals surface area contributed by atoms with Crippen molar-refractivity contribution >= 4 is 34.2 Å². The maximum atomic E-state index is 12.7. The fraction of sp³-hybridized carbons (Fsp3) is 0.312. The molecule has 1 aromatic carbocycles. The zero-order valence-electron chi connectivity index (χ0n) is 12.5. The van der Waals surface area contributed by atoms with E-state index in [-0.39, 0.29) is 18.3 Å². The van der Waals surface area contributed by atoms with Crippen LogP contribution in [0, 0.1) is 0 Å². The molecule has 0 radical (unpaired) electrons. The van der Waals surface area contributed by atoms with E-state index in [4.69, 9.17) is 5.73 Å². The van der Waals surface area contributed by atoms with Crippen molar-refractivity contribution in [3.8, 4) is 0 Å². The number of nitrogens with two attached hydrogens (primary N) is 1. The fourth-order valence-corrected chi connectivity index (χ4v) is 2.76. The summed E-state index contributed by atoms with van der Waals surface area (Å²) >= 11 is 3.41. The van der Waals surface area contributed by atoms with Crippen LogP contribution in [0.15, 0.2) is 47.1 Å². The second-order valence-electron chi connectivity index (χ2n) is 5.01. The highest BCUT2D eigenvalue weighted by atomic mass is 79.9. The van der Waals surface area contributed by atoms with E-state index < -0.39 is 0 Å². The molecule has 0 saturated heterocycles. The summed E-state index contributed by atoms with van der Waals surface area (Å²) in [5.74, 6) is 0.0282. The smallest absolute Gasteiger partial charge is 0.270 e. The zero-order valence-corrected chi connectivity index (χ0v) is 14.9. The van der Waals surface area contributed by atoms with Crippen LogP contribution in [0.2, 0.25) is 0 Å². The van der Waals surface area contributed by atoms with Gasteiger partial charge in [-0.25, -0.2) is 0 Å². The normalized spacial score (nSPS) is 10.1. The van der Waals surface area contributed by atoms with Gasteiger partial charge in [0.05, 0.1) is 0 Å². The minimum atomic E-state index is 0. The van der Waals surface area contributed by atoms with E-state index in [1.165, 1.54) is 0 Å². The molecule has 0 aliphatic rings. The first kappa shape index (κ1) is 18.7. The molecule has 0 bridgehead atoms. The molecule has 0 spiro atoms. The Morgan fingerprint density at radius 1 is 1.32 bits per heavy atom. The Morgan fingerprint density at radius 2 is 2.00 bits per heavy atom. The standard InChI is InChI=1S/C16H20BrN3O.ClH/c1-19-12-14(17)10-15(19)16(21)20(9-5-8-18)11-13-6-3-2-4-7-13;/h2-4,6-7,10,12H,5,8-9,11,18H2,1H3;1H. The third kappa shape index (κ3) is 4.87. The third-order valence-electron chi connectivity index (χ3n) is 3.33. The van der Waals surface area contributed by atoms with Gasteiger partial charge in [0.2, 0.25) is 0 Å². The Kier molecular flexibility index (Phi) is 7.65. The monoisotopic (exact) mass is 385 g/mol.